The van der Waals surface area contributed by atoms with Crippen LogP contribution in [0.15, 0.2) is 109 Å². The van der Waals surface area contributed by atoms with E-state index in [4.69, 9.17) is 21.9 Å². The number of nitrogens with zero attached hydrogens (tertiary/aromatic N) is 3. The second-order valence-corrected chi connectivity index (χ2v) is 10.4. The number of benzene rings is 3. The Morgan fingerprint density at radius 2 is 1.55 bits per heavy atom. The smallest absolute Gasteiger partial charge is 0.174 e. The summed E-state index contributed by atoms with van der Waals surface area (Å²) in [5.41, 5.74) is 8.12. The van der Waals surface area contributed by atoms with Crippen LogP contribution in [-0.2, 0) is 6.42 Å². The van der Waals surface area contributed by atoms with Crippen LogP contribution in [0.25, 0.3) is 5.69 Å². The van der Waals surface area contributed by atoms with Gasteiger partial charge in [0.25, 0.3) is 0 Å². The first-order valence-electron chi connectivity index (χ1n) is 13.7. The zero-order valence-electron chi connectivity index (χ0n) is 22.9. The average molecular weight is 545 g/mol. The van der Waals surface area contributed by atoms with E-state index in [1.807, 2.05) is 60.8 Å². The Morgan fingerprint density at radius 1 is 0.850 bits per heavy atom. The highest BCUT2D eigenvalue weighted by Gasteiger charge is 2.42. The number of pyridine rings is 1. The predicted octanol–water partition coefficient (Wildman–Crippen LogP) is 8.02. The van der Waals surface area contributed by atoms with Gasteiger partial charge in [0.2, 0.25) is 0 Å². The van der Waals surface area contributed by atoms with Crippen molar-refractivity contribution in [2.75, 3.05) is 4.90 Å². The molecule has 0 amide bonds. The van der Waals surface area contributed by atoms with Crippen molar-refractivity contribution in [1.29, 1.82) is 0 Å². The molecule has 6 rings (SSSR count). The van der Waals surface area contributed by atoms with E-state index in [0.717, 1.165) is 29.3 Å². The molecule has 2 atom stereocenters. The lowest BCUT2D eigenvalue weighted by atomic mass is 9.96. The fourth-order valence-electron chi connectivity index (χ4n) is 5.73. The normalized spacial score (nSPS) is 16.7. The molecule has 1 fully saturated rings. The molecular formula is C34H32N4OS. The summed E-state index contributed by atoms with van der Waals surface area (Å²) in [5, 5.41) is 4.27. The highest BCUT2D eigenvalue weighted by atomic mass is 32.1. The maximum absolute atomic E-state index is 6.05. The Kier molecular flexibility index (Phi) is 7.10. The van der Waals surface area contributed by atoms with Gasteiger partial charge >= 0.3 is 0 Å². The van der Waals surface area contributed by atoms with Crippen LogP contribution in [0.5, 0.6) is 11.5 Å². The van der Waals surface area contributed by atoms with Gasteiger partial charge in [0, 0.05) is 29.0 Å². The Hall–Kier alpha value is -4.42. The van der Waals surface area contributed by atoms with Gasteiger partial charge in [-0.05, 0) is 104 Å². The van der Waals surface area contributed by atoms with Crippen molar-refractivity contribution in [3.05, 3.63) is 138 Å². The average Bonchev–Trinajstić information content (AvgIpc) is 3.49. The van der Waals surface area contributed by atoms with Gasteiger partial charge in [-0.25, -0.2) is 0 Å². The third-order valence-corrected chi connectivity index (χ3v) is 7.91. The van der Waals surface area contributed by atoms with Crippen molar-refractivity contribution in [3.8, 4) is 17.2 Å². The van der Waals surface area contributed by atoms with E-state index in [9.17, 15) is 0 Å². The van der Waals surface area contributed by atoms with Crippen molar-refractivity contribution < 1.29 is 4.74 Å². The van der Waals surface area contributed by atoms with Crippen LogP contribution in [0, 0.1) is 13.8 Å². The van der Waals surface area contributed by atoms with Gasteiger partial charge in [-0.2, -0.15) is 0 Å². The van der Waals surface area contributed by atoms with Gasteiger partial charge < -0.3 is 19.5 Å². The highest BCUT2D eigenvalue weighted by molar-refractivity contribution is 7.80. The maximum atomic E-state index is 6.05. The van der Waals surface area contributed by atoms with Gasteiger partial charge in [-0.3, -0.25) is 4.98 Å². The highest BCUT2D eigenvalue weighted by Crippen LogP contribution is 2.44. The number of aromatic nitrogens is 2. The molecule has 1 aliphatic heterocycles. The van der Waals surface area contributed by atoms with Crippen molar-refractivity contribution >= 4 is 23.0 Å². The van der Waals surface area contributed by atoms with Gasteiger partial charge in [-0.15, -0.1) is 0 Å². The zero-order valence-corrected chi connectivity index (χ0v) is 23.7. The largest absolute Gasteiger partial charge is 0.457 e. The molecule has 0 unspecified atom stereocenters. The number of hydrogen-bond donors (Lipinski definition) is 1. The molecule has 0 bridgehead atoms. The number of ether oxygens (including phenoxy) is 1. The minimum absolute atomic E-state index is 0.0861. The van der Waals surface area contributed by atoms with Crippen LogP contribution in [-0.4, -0.2) is 14.7 Å². The zero-order chi connectivity index (χ0) is 27.6. The number of rotatable bonds is 7. The standard InChI is InChI=1S/C34H32N4OS/c1-4-25-12-8-9-16-31(25)37-23(2)22-29(24(37)3)33-32(30-15-10-11-21-35-30)36-34(40)38(33)26-17-19-28(20-18-26)39-27-13-6-5-7-14-27/h5-22,32-33H,4H2,1-3H3,(H,36,40)/t32-,33-/m1/s1. The van der Waals surface area contributed by atoms with E-state index < -0.39 is 0 Å². The molecule has 2 aromatic heterocycles. The molecule has 1 N–H and O–H groups in total. The van der Waals surface area contributed by atoms with Gasteiger partial charge in [0.05, 0.1) is 17.8 Å². The number of hydrogen-bond acceptors (Lipinski definition) is 3. The molecule has 0 saturated carbocycles. The minimum Gasteiger partial charge on any atom is -0.457 e. The Labute approximate surface area is 241 Å². The molecule has 3 heterocycles. The Balaban J connectivity index is 1.43. The van der Waals surface area contributed by atoms with Crippen LogP contribution >= 0.6 is 12.2 Å². The van der Waals surface area contributed by atoms with Crippen LogP contribution in [0.4, 0.5) is 5.69 Å². The van der Waals surface area contributed by atoms with E-state index in [2.05, 4.69) is 84.1 Å². The third kappa shape index (κ3) is 4.75. The van der Waals surface area contributed by atoms with E-state index in [-0.39, 0.29) is 12.1 Å². The Morgan fingerprint density at radius 3 is 2.27 bits per heavy atom. The molecule has 5 nitrogen and oxygen atoms in total. The monoisotopic (exact) mass is 544 g/mol. The first kappa shape index (κ1) is 25.8. The fourth-order valence-corrected chi connectivity index (χ4v) is 6.08. The van der Waals surface area contributed by atoms with Crippen molar-refractivity contribution in [3.63, 3.8) is 0 Å². The third-order valence-electron chi connectivity index (χ3n) is 7.59. The van der Waals surface area contributed by atoms with Gasteiger partial charge in [0.1, 0.15) is 11.5 Å². The molecule has 3 aromatic carbocycles. The van der Waals surface area contributed by atoms with E-state index in [1.54, 1.807) is 0 Å². The van der Waals surface area contributed by atoms with E-state index in [1.165, 1.54) is 28.2 Å². The molecule has 0 aliphatic carbocycles. The minimum atomic E-state index is -0.107. The summed E-state index contributed by atoms with van der Waals surface area (Å²) >= 11 is 5.98. The summed E-state index contributed by atoms with van der Waals surface area (Å²) in [4.78, 5) is 6.95. The lowest BCUT2D eigenvalue weighted by Crippen LogP contribution is -2.29. The molecule has 5 aromatic rings. The first-order chi connectivity index (χ1) is 19.5. The molecule has 0 radical (unpaired) electrons. The molecular weight excluding hydrogens is 512 g/mol. The first-order valence-corrected chi connectivity index (χ1v) is 14.1. The lowest BCUT2D eigenvalue weighted by molar-refractivity contribution is 0.482. The van der Waals surface area contributed by atoms with Gasteiger partial charge in [-0.1, -0.05) is 49.4 Å². The topological polar surface area (TPSA) is 42.3 Å². The van der Waals surface area contributed by atoms with Crippen molar-refractivity contribution in [2.24, 2.45) is 0 Å². The molecule has 0 spiro atoms. The SMILES string of the molecule is CCc1ccccc1-n1c(C)cc([C@@H]2[C@@H](c3ccccn3)NC(=S)N2c2ccc(Oc3ccccc3)cc2)c1C. The summed E-state index contributed by atoms with van der Waals surface area (Å²) < 4.78 is 8.43. The Bertz CT molecular complexity index is 1630. The maximum Gasteiger partial charge on any atom is 0.174 e. The molecule has 1 saturated heterocycles. The summed E-state index contributed by atoms with van der Waals surface area (Å²) in [7, 11) is 0. The quantitative estimate of drug-likeness (QED) is 0.210. The fraction of sp³-hybridized carbons (Fsp3) is 0.176. The van der Waals surface area contributed by atoms with Gasteiger partial charge in [0.15, 0.2) is 5.11 Å². The molecule has 1 aliphatic rings. The van der Waals surface area contributed by atoms with Crippen LogP contribution < -0.4 is 15.0 Å². The van der Waals surface area contributed by atoms with Crippen LogP contribution in [0.1, 0.15) is 47.2 Å². The number of anilines is 1. The van der Waals surface area contributed by atoms with Crippen LogP contribution in [0.2, 0.25) is 0 Å². The molecule has 40 heavy (non-hydrogen) atoms. The van der Waals surface area contributed by atoms with E-state index in [0.29, 0.717) is 5.11 Å². The van der Waals surface area contributed by atoms with E-state index >= 15 is 0 Å². The number of thiocarbonyl (C=S) groups is 1. The summed E-state index contributed by atoms with van der Waals surface area (Å²) in [6.45, 7) is 6.59. The number of aryl methyl sites for hydroxylation is 2. The number of nitrogens with one attached hydrogen (secondary N) is 1. The second kappa shape index (κ2) is 11.0. The molecule has 200 valence electrons. The van der Waals surface area contributed by atoms with Crippen LogP contribution in [0.3, 0.4) is 0 Å². The predicted molar refractivity (Wildman–Crippen MR) is 166 cm³/mol. The van der Waals surface area contributed by atoms with Crippen molar-refractivity contribution in [2.45, 2.75) is 39.3 Å². The molecule has 6 heteroatoms. The number of para-hydroxylation sites is 2. The summed E-state index contributed by atoms with van der Waals surface area (Å²) in [6, 6.07) is 34.8. The lowest BCUT2D eigenvalue weighted by Gasteiger charge is -2.28. The van der Waals surface area contributed by atoms with Crippen molar-refractivity contribution in [1.82, 2.24) is 14.9 Å². The summed E-state index contributed by atoms with van der Waals surface area (Å²) in [6.07, 6.45) is 2.81. The second-order valence-electron chi connectivity index (χ2n) is 10.0. The summed E-state index contributed by atoms with van der Waals surface area (Å²) in [5.74, 6) is 1.58.